The third-order valence-electron chi connectivity index (χ3n) is 6.67. The van der Waals surface area contributed by atoms with Crippen LogP contribution in [0.4, 0.5) is 5.69 Å². The Bertz CT molecular complexity index is 1360. The van der Waals surface area contributed by atoms with E-state index < -0.39 is 0 Å². The molecule has 1 fully saturated rings. The summed E-state index contributed by atoms with van der Waals surface area (Å²) in [6.07, 6.45) is 1.78. The second kappa shape index (κ2) is 10.4. The zero-order valence-electron chi connectivity index (χ0n) is 19.4. The van der Waals surface area contributed by atoms with Crippen molar-refractivity contribution in [2.75, 3.05) is 18.4 Å². The number of carbonyl (C=O) groups excluding carboxylic acids is 2. The summed E-state index contributed by atoms with van der Waals surface area (Å²) in [5.41, 5.74) is 2.74. The molecule has 1 atom stereocenters. The van der Waals surface area contributed by atoms with Gasteiger partial charge in [-0.05, 0) is 53.9 Å². The third kappa shape index (κ3) is 5.29. The second-order valence-corrected chi connectivity index (χ2v) is 9.52. The van der Waals surface area contributed by atoms with Crippen molar-refractivity contribution < 1.29 is 9.59 Å². The minimum Gasteiger partial charge on any atom is -0.325 e. The summed E-state index contributed by atoms with van der Waals surface area (Å²) in [6.45, 7) is 2.46. The number of nitrogens with one attached hydrogen (secondary N) is 1. The van der Waals surface area contributed by atoms with E-state index in [0.29, 0.717) is 28.4 Å². The van der Waals surface area contributed by atoms with Gasteiger partial charge in [-0.2, -0.15) is 0 Å². The van der Waals surface area contributed by atoms with E-state index >= 15 is 0 Å². The van der Waals surface area contributed by atoms with E-state index in [9.17, 15) is 9.59 Å². The molecule has 1 saturated heterocycles. The first kappa shape index (κ1) is 23.3. The van der Waals surface area contributed by atoms with Crippen molar-refractivity contribution in [1.82, 2.24) is 4.90 Å². The first-order valence-electron chi connectivity index (χ1n) is 12.0. The lowest BCUT2D eigenvalue weighted by molar-refractivity contribution is -0.121. The van der Waals surface area contributed by atoms with E-state index in [1.807, 2.05) is 18.2 Å². The summed E-state index contributed by atoms with van der Waals surface area (Å²) in [7, 11) is 0. The molecule has 4 aromatic rings. The molecule has 0 saturated carbocycles. The van der Waals surface area contributed by atoms with Crippen LogP contribution < -0.4 is 5.32 Å². The molecule has 0 bridgehead atoms. The molecule has 4 nitrogen and oxygen atoms in total. The molecule has 1 unspecified atom stereocenters. The molecular formula is C30H27ClN2O2. The van der Waals surface area contributed by atoms with Crippen molar-refractivity contribution in [1.29, 1.82) is 0 Å². The molecule has 0 aromatic heterocycles. The lowest BCUT2D eigenvalue weighted by atomic mass is 9.95. The Morgan fingerprint density at radius 1 is 0.914 bits per heavy atom. The summed E-state index contributed by atoms with van der Waals surface area (Å²) >= 11 is 6.20. The topological polar surface area (TPSA) is 49.4 Å². The van der Waals surface area contributed by atoms with Gasteiger partial charge in [0, 0.05) is 29.2 Å². The van der Waals surface area contributed by atoms with E-state index in [0.717, 1.165) is 25.9 Å². The van der Waals surface area contributed by atoms with Crippen LogP contribution in [0.1, 0.15) is 34.3 Å². The van der Waals surface area contributed by atoms with Gasteiger partial charge in [0.05, 0.1) is 11.6 Å². The van der Waals surface area contributed by atoms with Crippen LogP contribution in [0.5, 0.6) is 0 Å². The van der Waals surface area contributed by atoms with Crippen LogP contribution in [0, 0.1) is 5.92 Å². The Balaban J connectivity index is 1.31. The van der Waals surface area contributed by atoms with Gasteiger partial charge in [0.25, 0.3) is 0 Å². The van der Waals surface area contributed by atoms with Crippen molar-refractivity contribution in [3.05, 3.63) is 113 Å². The Labute approximate surface area is 210 Å². The molecule has 5 heteroatoms. The van der Waals surface area contributed by atoms with Gasteiger partial charge in [-0.3, -0.25) is 14.5 Å². The van der Waals surface area contributed by atoms with Crippen LogP contribution in [0.3, 0.4) is 0 Å². The first-order valence-corrected chi connectivity index (χ1v) is 12.4. The number of fused-ring (bicyclic) bond motifs is 1. The van der Waals surface area contributed by atoms with Gasteiger partial charge in [-0.25, -0.2) is 0 Å². The average molecular weight is 483 g/mol. The lowest BCUT2D eigenvalue weighted by Crippen LogP contribution is -2.40. The van der Waals surface area contributed by atoms with Crippen molar-refractivity contribution in [2.24, 2.45) is 5.92 Å². The highest BCUT2D eigenvalue weighted by Gasteiger charge is 2.27. The number of anilines is 1. The number of hydrogen-bond donors (Lipinski definition) is 1. The maximum Gasteiger partial charge on any atom is 0.228 e. The average Bonchev–Trinajstić information content (AvgIpc) is 2.90. The molecule has 0 aliphatic carbocycles. The number of amides is 1. The van der Waals surface area contributed by atoms with Crippen LogP contribution in [-0.2, 0) is 11.3 Å². The van der Waals surface area contributed by atoms with Gasteiger partial charge in [0.1, 0.15) is 0 Å². The van der Waals surface area contributed by atoms with Gasteiger partial charge in [-0.1, -0.05) is 84.4 Å². The predicted molar refractivity (Wildman–Crippen MR) is 142 cm³/mol. The zero-order valence-corrected chi connectivity index (χ0v) is 20.2. The standard InChI is InChI=1S/C30H27ClN2O2/c31-25-15-16-28(27(18-25)29(34)22-9-2-1-3-10-22)32-30(35)24-13-7-17-33(20-24)19-23-12-6-11-21-8-4-5-14-26(21)23/h1-6,8-12,14-16,18,24H,7,13,17,19-20H2,(H,32,35). The number of hydrogen-bond acceptors (Lipinski definition) is 3. The van der Waals surface area contributed by atoms with E-state index in [4.69, 9.17) is 11.6 Å². The number of carbonyl (C=O) groups is 2. The quantitative estimate of drug-likeness (QED) is 0.316. The minimum atomic E-state index is -0.162. The Morgan fingerprint density at radius 3 is 2.54 bits per heavy atom. The van der Waals surface area contributed by atoms with Gasteiger partial charge in [0.2, 0.25) is 5.91 Å². The summed E-state index contributed by atoms with van der Waals surface area (Å²) in [5.74, 6) is -0.365. The SMILES string of the molecule is O=C(c1ccccc1)c1cc(Cl)ccc1NC(=O)C1CCCN(Cc2cccc3ccccc23)C1. The number of ketones is 1. The highest BCUT2D eigenvalue weighted by molar-refractivity contribution is 6.31. The van der Waals surface area contributed by atoms with Crippen LogP contribution in [0.15, 0.2) is 91.0 Å². The summed E-state index contributed by atoms with van der Waals surface area (Å²) in [6, 6.07) is 28.9. The Kier molecular flexibility index (Phi) is 6.94. The Morgan fingerprint density at radius 2 is 1.69 bits per heavy atom. The van der Waals surface area contributed by atoms with Crippen molar-refractivity contribution in [2.45, 2.75) is 19.4 Å². The molecule has 5 rings (SSSR count). The summed E-state index contributed by atoms with van der Waals surface area (Å²) < 4.78 is 0. The number of piperidine rings is 1. The zero-order chi connectivity index (χ0) is 24.2. The molecular weight excluding hydrogens is 456 g/mol. The highest BCUT2D eigenvalue weighted by Crippen LogP contribution is 2.27. The number of likely N-dealkylation sites (tertiary alicyclic amines) is 1. The van der Waals surface area contributed by atoms with Gasteiger partial charge < -0.3 is 5.32 Å². The molecule has 176 valence electrons. The smallest absolute Gasteiger partial charge is 0.228 e. The number of nitrogens with zero attached hydrogens (tertiary/aromatic N) is 1. The largest absolute Gasteiger partial charge is 0.325 e. The molecule has 0 spiro atoms. The van der Waals surface area contributed by atoms with E-state index in [-0.39, 0.29) is 17.6 Å². The van der Waals surface area contributed by atoms with E-state index in [2.05, 4.69) is 52.7 Å². The molecule has 1 aliphatic rings. The van der Waals surface area contributed by atoms with Crippen molar-refractivity contribution >= 4 is 39.8 Å². The van der Waals surface area contributed by atoms with Gasteiger partial charge in [0.15, 0.2) is 5.78 Å². The number of rotatable bonds is 6. The highest BCUT2D eigenvalue weighted by atomic mass is 35.5. The van der Waals surface area contributed by atoms with Crippen LogP contribution in [0.25, 0.3) is 10.8 Å². The number of benzene rings is 4. The monoisotopic (exact) mass is 482 g/mol. The summed E-state index contributed by atoms with van der Waals surface area (Å²) in [4.78, 5) is 28.8. The van der Waals surface area contributed by atoms with E-state index in [1.54, 1.807) is 30.3 Å². The lowest BCUT2D eigenvalue weighted by Gasteiger charge is -2.32. The van der Waals surface area contributed by atoms with Gasteiger partial charge >= 0.3 is 0 Å². The van der Waals surface area contributed by atoms with Crippen molar-refractivity contribution in [3.8, 4) is 0 Å². The first-order chi connectivity index (χ1) is 17.1. The molecule has 1 aliphatic heterocycles. The molecule has 1 heterocycles. The Hall–Kier alpha value is -3.47. The fourth-order valence-electron chi connectivity index (χ4n) is 4.88. The molecule has 1 N–H and O–H groups in total. The van der Waals surface area contributed by atoms with E-state index in [1.165, 1.54) is 16.3 Å². The normalized spacial score (nSPS) is 16.2. The molecule has 1 amide bonds. The minimum absolute atomic E-state index is 0.0583. The fourth-order valence-corrected chi connectivity index (χ4v) is 5.05. The summed E-state index contributed by atoms with van der Waals surface area (Å²) in [5, 5.41) is 5.97. The molecule has 4 aromatic carbocycles. The molecule has 0 radical (unpaired) electrons. The maximum atomic E-state index is 13.3. The molecule has 35 heavy (non-hydrogen) atoms. The van der Waals surface area contributed by atoms with Crippen molar-refractivity contribution in [3.63, 3.8) is 0 Å². The predicted octanol–water partition coefficient (Wildman–Crippen LogP) is 6.57. The second-order valence-electron chi connectivity index (χ2n) is 9.09. The van der Waals surface area contributed by atoms with Gasteiger partial charge in [-0.15, -0.1) is 0 Å². The maximum absolute atomic E-state index is 13.3. The van der Waals surface area contributed by atoms with Crippen LogP contribution in [0.2, 0.25) is 5.02 Å². The van der Waals surface area contributed by atoms with Crippen LogP contribution in [-0.4, -0.2) is 29.7 Å². The fraction of sp³-hybridized carbons (Fsp3) is 0.200. The number of halogens is 1. The third-order valence-corrected chi connectivity index (χ3v) is 6.91. The van der Waals surface area contributed by atoms with Crippen LogP contribution >= 0.6 is 11.6 Å².